The van der Waals surface area contributed by atoms with Gasteiger partial charge in [0.05, 0.1) is 5.52 Å². The van der Waals surface area contributed by atoms with Gasteiger partial charge in [-0.25, -0.2) is 4.98 Å². The summed E-state index contributed by atoms with van der Waals surface area (Å²) < 4.78 is 41.0. The maximum atomic E-state index is 12.4. The van der Waals surface area contributed by atoms with E-state index >= 15 is 0 Å². The number of hydrogen-bond donors (Lipinski definition) is 2. The van der Waals surface area contributed by atoms with Crippen molar-refractivity contribution in [1.82, 2.24) is 9.97 Å². The lowest BCUT2D eigenvalue weighted by Gasteiger charge is -2.11. The first-order valence-electron chi connectivity index (χ1n) is 8.13. The van der Waals surface area contributed by atoms with Gasteiger partial charge in [0.15, 0.2) is 0 Å². The summed E-state index contributed by atoms with van der Waals surface area (Å²) in [6, 6.07) is 19.3. The third-order valence-corrected chi connectivity index (χ3v) is 3.93. The molecule has 136 valence electrons. The molecule has 0 aliphatic carbocycles. The van der Waals surface area contributed by atoms with E-state index in [0.29, 0.717) is 11.5 Å². The Bertz CT molecular complexity index is 1070. The van der Waals surface area contributed by atoms with Gasteiger partial charge < -0.3 is 15.0 Å². The molecule has 7 heteroatoms. The molecule has 0 unspecified atom stereocenters. The monoisotopic (exact) mass is 369 g/mol. The summed E-state index contributed by atoms with van der Waals surface area (Å²) in [4.78, 5) is 7.65. The lowest BCUT2D eigenvalue weighted by Crippen LogP contribution is -2.17. The number of pyridine rings is 1. The van der Waals surface area contributed by atoms with Gasteiger partial charge >= 0.3 is 6.36 Å². The zero-order chi connectivity index (χ0) is 18.9. The van der Waals surface area contributed by atoms with Crippen LogP contribution in [0.2, 0.25) is 0 Å². The maximum Gasteiger partial charge on any atom is 0.573 e. The SMILES string of the molecule is FC(F)(F)Oc1cccc(Nc2cc3[nH]c(-c4ccccc4)cc3cn2)c1. The smallest absolute Gasteiger partial charge is 0.406 e. The molecule has 4 rings (SSSR count). The van der Waals surface area contributed by atoms with Crippen LogP contribution in [0.15, 0.2) is 72.9 Å². The van der Waals surface area contributed by atoms with E-state index in [1.165, 1.54) is 18.2 Å². The Hall–Kier alpha value is -3.48. The fraction of sp³-hybridized carbons (Fsp3) is 0.0500. The van der Waals surface area contributed by atoms with E-state index in [1.54, 1.807) is 18.3 Å². The predicted molar refractivity (Wildman–Crippen MR) is 97.9 cm³/mol. The Morgan fingerprint density at radius 3 is 2.52 bits per heavy atom. The molecule has 4 nitrogen and oxygen atoms in total. The van der Waals surface area contributed by atoms with Crippen molar-refractivity contribution in [2.75, 3.05) is 5.32 Å². The molecule has 0 amide bonds. The normalized spacial score (nSPS) is 11.5. The van der Waals surface area contributed by atoms with Crippen LogP contribution in [-0.4, -0.2) is 16.3 Å². The number of nitrogens with one attached hydrogen (secondary N) is 2. The molecule has 0 bridgehead atoms. The number of H-pyrrole nitrogens is 1. The minimum absolute atomic E-state index is 0.292. The number of aromatic nitrogens is 2. The molecule has 0 aliphatic rings. The Morgan fingerprint density at radius 1 is 0.926 bits per heavy atom. The second kappa shape index (κ2) is 6.68. The zero-order valence-corrected chi connectivity index (χ0v) is 13.9. The van der Waals surface area contributed by atoms with Crippen molar-refractivity contribution >= 4 is 22.4 Å². The summed E-state index contributed by atoms with van der Waals surface area (Å²) in [6.07, 6.45) is -3.02. The van der Waals surface area contributed by atoms with Crippen molar-refractivity contribution < 1.29 is 17.9 Å². The molecule has 0 spiro atoms. The molecule has 0 saturated carbocycles. The highest BCUT2D eigenvalue weighted by Gasteiger charge is 2.31. The number of benzene rings is 2. The van der Waals surface area contributed by atoms with Gasteiger partial charge in [0.2, 0.25) is 0 Å². The summed E-state index contributed by atoms with van der Waals surface area (Å²) >= 11 is 0. The van der Waals surface area contributed by atoms with Crippen LogP contribution in [0, 0.1) is 0 Å². The standard InChI is InChI=1S/C20H14F3N3O/c21-20(22,23)27-16-8-4-7-15(10-16)25-19-11-18-14(12-24-19)9-17(26-18)13-5-2-1-3-6-13/h1-12,26H,(H,24,25). The van der Waals surface area contributed by atoms with Crippen molar-refractivity contribution in [1.29, 1.82) is 0 Å². The fourth-order valence-electron chi connectivity index (χ4n) is 2.79. The lowest BCUT2D eigenvalue weighted by molar-refractivity contribution is -0.274. The quantitative estimate of drug-likeness (QED) is 0.473. The van der Waals surface area contributed by atoms with Crippen LogP contribution in [0.4, 0.5) is 24.7 Å². The third-order valence-electron chi connectivity index (χ3n) is 3.93. The Balaban J connectivity index is 1.59. The minimum atomic E-state index is -4.73. The largest absolute Gasteiger partial charge is 0.573 e. The van der Waals surface area contributed by atoms with Crippen molar-refractivity contribution in [3.63, 3.8) is 0 Å². The lowest BCUT2D eigenvalue weighted by atomic mass is 10.1. The van der Waals surface area contributed by atoms with E-state index in [-0.39, 0.29) is 5.75 Å². The number of anilines is 2. The number of nitrogens with zero attached hydrogens (tertiary/aromatic N) is 1. The number of rotatable bonds is 4. The Kier molecular flexibility index (Phi) is 4.19. The average molecular weight is 369 g/mol. The van der Waals surface area contributed by atoms with E-state index in [1.807, 2.05) is 36.4 Å². The predicted octanol–water partition coefficient (Wildman–Crippen LogP) is 5.87. The summed E-state index contributed by atoms with van der Waals surface area (Å²) in [6.45, 7) is 0. The molecular weight excluding hydrogens is 355 g/mol. The molecule has 0 radical (unpaired) electrons. The Morgan fingerprint density at radius 2 is 1.74 bits per heavy atom. The van der Waals surface area contributed by atoms with Gasteiger partial charge in [0.1, 0.15) is 11.6 Å². The first kappa shape index (κ1) is 17.0. The molecule has 2 heterocycles. The van der Waals surface area contributed by atoms with Crippen LogP contribution in [0.25, 0.3) is 22.2 Å². The molecular formula is C20H14F3N3O. The summed E-state index contributed by atoms with van der Waals surface area (Å²) in [5, 5.41) is 3.93. The molecule has 0 fully saturated rings. The van der Waals surface area contributed by atoms with Gasteiger partial charge in [0.25, 0.3) is 0 Å². The number of halogens is 3. The van der Waals surface area contributed by atoms with E-state index in [0.717, 1.165) is 22.2 Å². The van der Waals surface area contributed by atoms with Gasteiger partial charge in [-0.1, -0.05) is 36.4 Å². The van der Waals surface area contributed by atoms with Gasteiger partial charge in [-0.2, -0.15) is 0 Å². The number of ether oxygens (including phenoxy) is 1. The Labute approximate surface area is 152 Å². The maximum absolute atomic E-state index is 12.4. The van der Waals surface area contributed by atoms with Crippen LogP contribution in [0.3, 0.4) is 0 Å². The topological polar surface area (TPSA) is 49.9 Å². The first-order valence-corrected chi connectivity index (χ1v) is 8.13. The molecule has 2 N–H and O–H groups in total. The van der Waals surface area contributed by atoms with Gasteiger partial charge in [-0.05, 0) is 23.8 Å². The van der Waals surface area contributed by atoms with E-state index in [9.17, 15) is 13.2 Å². The van der Waals surface area contributed by atoms with Crippen LogP contribution in [0.1, 0.15) is 0 Å². The first-order chi connectivity index (χ1) is 13.0. The highest BCUT2D eigenvalue weighted by Crippen LogP contribution is 2.28. The van der Waals surface area contributed by atoms with Gasteiger partial charge in [-0.3, -0.25) is 0 Å². The molecule has 2 aromatic heterocycles. The number of aromatic amines is 1. The summed E-state index contributed by atoms with van der Waals surface area (Å²) in [5.41, 5.74) is 3.33. The van der Waals surface area contributed by atoms with Gasteiger partial charge in [0, 0.05) is 35.1 Å². The van der Waals surface area contributed by atoms with Crippen LogP contribution in [0.5, 0.6) is 5.75 Å². The van der Waals surface area contributed by atoms with Crippen LogP contribution < -0.4 is 10.1 Å². The van der Waals surface area contributed by atoms with Crippen molar-refractivity contribution in [3.05, 3.63) is 72.9 Å². The molecule has 0 aliphatic heterocycles. The van der Waals surface area contributed by atoms with E-state index in [2.05, 4.69) is 20.0 Å². The van der Waals surface area contributed by atoms with Crippen molar-refractivity contribution in [2.24, 2.45) is 0 Å². The van der Waals surface area contributed by atoms with Crippen LogP contribution in [-0.2, 0) is 0 Å². The molecule has 0 atom stereocenters. The molecule has 27 heavy (non-hydrogen) atoms. The van der Waals surface area contributed by atoms with Crippen LogP contribution >= 0.6 is 0 Å². The van der Waals surface area contributed by atoms with Crippen molar-refractivity contribution in [2.45, 2.75) is 6.36 Å². The highest BCUT2D eigenvalue weighted by molar-refractivity contribution is 5.87. The second-order valence-electron chi connectivity index (χ2n) is 5.91. The number of alkyl halides is 3. The van der Waals surface area contributed by atoms with E-state index < -0.39 is 6.36 Å². The summed E-state index contributed by atoms with van der Waals surface area (Å²) in [5.74, 6) is 0.216. The number of fused-ring (bicyclic) bond motifs is 1. The van der Waals surface area contributed by atoms with Crippen molar-refractivity contribution in [3.8, 4) is 17.0 Å². The minimum Gasteiger partial charge on any atom is -0.406 e. The second-order valence-corrected chi connectivity index (χ2v) is 5.91. The fourth-order valence-corrected chi connectivity index (χ4v) is 2.79. The summed E-state index contributed by atoms with van der Waals surface area (Å²) in [7, 11) is 0. The average Bonchev–Trinajstić information content (AvgIpc) is 3.05. The van der Waals surface area contributed by atoms with Gasteiger partial charge in [-0.15, -0.1) is 13.2 Å². The third kappa shape index (κ3) is 4.03. The highest BCUT2D eigenvalue weighted by atomic mass is 19.4. The number of hydrogen-bond acceptors (Lipinski definition) is 3. The zero-order valence-electron chi connectivity index (χ0n) is 13.9. The molecule has 4 aromatic rings. The molecule has 2 aromatic carbocycles. The van der Waals surface area contributed by atoms with E-state index in [4.69, 9.17) is 0 Å². The molecule has 0 saturated heterocycles.